The third-order valence-electron chi connectivity index (χ3n) is 3.63. The first-order chi connectivity index (χ1) is 8.33. The highest BCUT2D eigenvalue weighted by molar-refractivity contribution is 14.1. The van der Waals surface area contributed by atoms with Crippen LogP contribution in [-0.4, -0.2) is 10.3 Å². The van der Waals surface area contributed by atoms with Gasteiger partial charge in [-0.15, -0.1) is 0 Å². The lowest BCUT2D eigenvalue weighted by Gasteiger charge is -2.26. The Labute approximate surface area is 130 Å². The average molecular weight is 442 g/mol. The molecule has 0 atom stereocenters. The Bertz CT molecular complexity index is 517. The van der Waals surface area contributed by atoms with Gasteiger partial charge < -0.3 is 0 Å². The molecule has 1 aliphatic carbocycles. The van der Waals surface area contributed by atoms with E-state index in [0.29, 0.717) is 0 Å². The van der Waals surface area contributed by atoms with Gasteiger partial charge in [0.05, 0.1) is 0 Å². The van der Waals surface area contributed by atoms with E-state index in [0.717, 1.165) is 10.3 Å². The number of hydrogen-bond acceptors (Lipinski definition) is 0. The fourth-order valence-electron chi connectivity index (χ4n) is 2.74. The molecule has 2 aromatic carbocycles. The minimum atomic E-state index is 0.217. The third-order valence-corrected chi connectivity index (χ3v) is 6.24. The van der Waals surface area contributed by atoms with Gasteiger partial charge in [-0.2, -0.15) is 44.7 Å². The first kappa shape index (κ1) is 12.1. The van der Waals surface area contributed by atoms with Crippen LogP contribution in [0, 0.1) is 0 Å². The molecule has 0 nitrogen and oxygen atoms in total. The standard InChI is InChI=1S/C13H10B2I2/c16-14-13(15-17)11-7-3-1-5-9(11)10-6-2-4-8-12(10)13/h1-8,14-15H. The van der Waals surface area contributed by atoms with Crippen LogP contribution in [0.5, 0.6) is 0 Å². The van der Waals surface area contributed by atoms with E-state index in [1.165, 1.54) is 22.3 Å². The molecular weight excluding hydrogens is 432 g/mol. The molecule has 82 valence electrons. The number of hydrogen-bond donors (Lipinski definition) is 0. The normalized spacial score (nSPS) is 14.9. The number of halogens is 2. The quantitative estimate of drug-likeness (QED) is 0.495. The summed E-state index contributed by atoms with van der Waals surface area (Å²) in [5.41, 5.74) is 5.86. The van der Waals surface area contributed by atoms with Gasteiger partial charge in [-0.25, -0.2) is 0 Å². The Morgan fingerprint density at radius 1 is 0.706 bits per heavy atom. The molecule has 2 aromatic rings. The lowest BCUT2D eigenvalue weighted by Crippen LogP contribution is -2.33. The van der Waals surface area contributed by atoms with E-state index in [1.807, 2.05) is 0 Å². The summed E-state index contributed by atoms with van der Waals surface area (Å²) in [6, 6.07) is 17.7. The zero-order valence-electron chi connectivity index (χ0n) is 9.29. The fourth-order valence-corrected chi connectivity index (χ4v) is 5.95. The van der Waals surface area contributed by atoms with Gasteiger partial charge in [-0.1, -0.05) is 48.5 Å². The summed E-state index contributed by atoms with van der Waals surface area (Å²) in [4.78, 5) is 0. The molecule has 0 radical (unpaired) electrons. The van der Waals surface area contributed by atoms with Crippen LogP contribution in [0.15, 0.2) is 48.5 Å². The lowest BCUT2D eigenvalue weighted by molar-refractivity contribution is 1.08. The summed E-state index contributed by atoms with van der Waals surface area (Å²) in [5, 5.41) is 2.50. The topological polar surface area (TPSA) is 0 Å². The summed E-state index contributed by atoms with van der Waals surface area (Å²) in [6.45, 7) is 0. The maximum absolute atomic E-state index is 2.53. The zero-order chi connectivity index (χ0) is 11.9. The Balaban J connectivity index is 2.38. The highest BCUT2D eigenvalue weighted by Crippen LogP contribution is 2.48. The predicted octanol–water partition coefficient (Wildman–Crippen LogP) is 3.44. The first-order valence-electron chi connectivity index (χ1n) is 5.65. The average Bonchev–Trinajstić information content (AvgIpc) is 2.70. The molecule has 0 saturated carbocycles. The maximum Gasteiger partial charge on any atom is 0.208 e. The Hall–Kier alpha value is 0.0299. The van der Waals surface area contributed by atoms with Crippen molar-refractivity contribution in [3.05, 3.63) is 59.7 Å². The van der Waals surface area contributed by atoms with Crippen LogP contribution in [0.1, 0.15) is 11.1 Å². The van der Waals surface area contributed by atoms with E-state index >= 15 is 0 Å². The number of fused-ring (bicyclic) bond motifs is 3. The van der Waals surface area contributed by atoms with E-state index in [-0.39, 0.29) is 5.21 Å². The zero-order valence-corrected chi connectivity index (χ0v) is 13.6. The molecule has 0 aromatic heterocycles. The summed E-state index contributed by atoms with van der Waals surface area (Å²) in [7, 11) is 0. The lowest BCUT2D eigenvalue weighted by atomic mass is 9.49. The van der Waals surface area contributed by atoms with Crippen molar-refractivity contribution < 1.29 is 0 Å². The van der Waals surface area contributed by atoms with Crippen molar-refractivity contribution in [3.8, 4) is 11.1 Å². The summed E-state index contributed by atoms with van der Waals surface area (Å²) in [5.74, 6) is 0. The van der Waals surface area contributed by atoms with Gasteiger partial charge >= 0.3 is 0 Å². The molecular formula is C13H10B2I2. The van der Waals surface area contributed by atoms with E-state index in [4.69, 9.17) is 0 Å². The largest absolute Gasteiger partial charge is 0.208 e. The van der Waals surface area contributed by atoms with Gasteiger partial charge in [0.25, 0.3) is 0 Å². The molecule has 0 spiro atoms. The molecule has 17 heavy (non-hydrogen) atoms. The van der Waals surface area contributed by atoms with Crippen molar-refractivity contribution >= 4 is 55.0 Å². The molecule has 4 heteroatoms. The van der Waals surface area contributed by atoms with Gasteiger partial charge in [0.2, 0.25) is 10.3 Å². The van der Waals surface area contributed by atoms with Crippen LogP contribution >= 0.6 is 44.7 Å². The minimum absolute atomic E-state index is 0.217. The van der Waals surface area contributed by atoms with Crippen molar-refractivity contribution in [1.29, 1.82) is 0 Å². The van der Waals surface area contributed by atoms with Crippen molar-refractivity contribution in [2.24, 2.45) is 0 Å². The Morgan fingerprint density at radius 3 is 1.53 bits per heavy atom. The van der Waals surface area contributed by atoms with Gasteiger partial charge in [0, 0.05) is 0 Å². The summed E-state index contributed by atoms with van der Waals surface area (Å²) >= 11 is 5.06. The SMILES string of the molecule is IBC1(BI)c2ccccc2-c2ccccc21. The van der Waals surface area contributed by atoms with Crippen LogP contribution < -0.4 is 0 Å². The van der Waals surface area contributed by atoms with E-state index in [1.54, 1.807) is 0 Å². The Morgan fingerprint density at radius 2 is 1.12 bits per heavy atom. The van der Waals surface area contributed by atoms with Gasteiger partial charge in [0.1, 0.15) is 0 Å². The number of benzene rings is 2. The van der Waals surface area contributed by atoms with Gasteiger partial charge in [-0.3, -0.25) is 0 Å². The Kier molecular flexibility index (Phi) is 3.28. The third kappa shape index (κ3) is 1.63. The number of rotatable bonds is 2. The molecule has 0 unspecified atom stereocenters. The van der Waals surface area contributed by atoms with E-state index in [2.05, 4.69) is 93.3 Å². The van der Waals surface area contributed by atoms with E-state index < -0.39 is 0 Å². The van der Waals surface area contributed by atoms with Crippen LogP contribution in [0.2, 0.25) is 0 Å². The first-order valence-corrected chi connectivity index (χ1v) is 8.70. The van der Waals surface area contributed by atoms with Gasteiger partial charge in [-0.05, 0) is 27.5 Å². The minimum Gasteiger partial charge on any atom is -0.155 e. The molecule has 3 rings (SSSR count). The van der Waals surface area contributed by atoms with Crippen molar-refractivity contribution in [1.82, 2.24) is 0 Å². The highest BCUT2D eigenvalue weighted by atomic mass is 127. The van der Waals surface area contributed by atoms with Crippen LogP contribution in [0.25, 0.3) is 11.1 Å². The second-order valence-electron chi connectivity index (χ2n) is 4.44. The van der Waals surface area contributed by atoms with Crippen LogP contribution in [-0.2, 0) is 5.21 Å². The fraction of sp³-hybridized carbons (Fsp3) is 0.0769. The van der Waals surface area contributed by atoms with Crippen molar-refractivity contribution in [2.75, 3.05) is 0 Å². The van der Waals surface area contributed by atoms with Crippen molar-refractivity contribution in [3.63, 3.8) is 0 Å². The molecule has 0 amide bonds. The summed E-state index contributed by atoms with van der Waals surface area (Å²) in [6.07, 6.45) is 0. The molecule has 0 N–H and O–H groups in total. The molecule has 0 aliphatic heterocycles. The molecule has 0 saturated heterocycles. The maximum atomic E-state index is 2.53. The molecule has 1 aliphatic rings. The summed E-state index contributed by atoms with van der Waals surface area (Å²) < 4.78 is 0. The predicted molar refractivity (Wildman–Crippen MR) is 95.0 cm³/mol. The molecule has 0 fully saturated rings. The van der Waals surface area contributed by atoms with E-state index in [9.17, 15) is 0 Å². The second kappa shape index (κ2) is 4.61. The van der Waals surface area contributed by atoms with Crippen LogP contribution in [0.3, 0.4) is 0 Å². The molecule has 0 heterocycles. The smallest absolute Gasteiger partial charge is 0.155 e. The molecule has 0 bridgehead atoms. The monoisotopic (exact) mass is 442 g/mol. The second-order valence-corrected chi connectivity index (χ2v) is 5.97. The van der Waals surface area contributed by atoms with Gasteiger partial charge in [0.15, 0.2) is 0 Å². The highest BCUT2D eigenvalue weighted by Gasteiger charge is 2.42. The van der Waals surface area contributed by atoms with Crippen LogP contribution in [0.4, 0.5) is 0 Å². The van der Waals surface area contributed by atoms with Crippen molar-refractivity contribution in [2.45, 2.75) is 5.21 Å².